The van der Waals surface area contributed by atoms with Crippen molar-refractivity contribution < 1.29 is 14.3 Å². The molecule has 1 aromatic heterocycles. The summed E-state index contributed by atoms with van der Waals surface area (Å²) >= 11 is 0. The monoisotopic (exact) mass is 320 g/mol. The summed E-state index contributed by atoms with van der Waals surface area (Å²) in [4.78, 5) is 11.9. The summed E-state index contributed by atoms with van der Waals surface area (Å²) in [5.74, 6) is 3.22. The van der Waals surface area contributed by atoms with E-state index in [-0.39, 0.29) is 0 Å². The second-order valence-electron chi connectivity index (χ2n) is 7.99. The lowest BCUT2D eigenvalue weighted by Gasteiger charge is -2.18. The molecular weight excluding hydrogens is 292 g/mol. The third-order valence-corrected chi connectivity index (χ3v) is 4.51. The van der Waals surface area contributed by atoms with Crippen LogP contribution in [-0.2, 0) is 4.74 Å². The first-order chi connectivity index (χ1) is 10.9. The molecule has 3 rings (SSSR count). The first kappa shape index (κ1) is 16.3. The second-order valence-corrected chi connectivity index (χ2v) is 7.99. The Hall–Kier alpha value is -1.52. The molecule has 0 saturated heterocycles. The standard InChI is InChI=1S/C18H28N2O3/c1-18(2,3)23-17(21)20-10-8-16(19-20)22-11-9-15(14-6-7-14)12-13-4-5-13/h8,10,13-15H,4-7,9,11-12H2,1-3H3. The lowest BCUT2D eigenvalue weighted by molar-refractivity contribution is 0.0511. The maximum Gasteiger partial charge on any atom is 0.435 e. The summed E-state index contributed by atoms with van der Waals surface area (Å²) in [6.07, 6.45) is 9.22. The van der Waals surface area contributed by atoms with Crippen molar-refractivity contribution in [2.75, 3.05) is 6.61 Å². The maximum atomic E-state index is 11.9. The maximum absolute atomic E-state index is 11.9. The summed E-state index contributed by atoms with van der Waals surface area (Å²) in [6, 6.07) is 1.72. The number of carbonyl (C=O) groups excluding carboxylic acids is 1. The van der Waals surface area contributed by atoms with Crippen molar-refractivity contribution in [3.8, 4) is 5.88 Å². The van der Waals surface area contributed by atoms with Gasteiger partial charge >= 0.3 is 6.09 Å². The summed E-state index contributed by atoms with van der Waals surface area (Å²) in [7, 11) is 0. The van der Waals surface area contributed by atoms with Gasteiger partial charge in [-0.25, -0.2) is 4.79 Å². The molecule has 0 aliphatic heterocycles. The van der Waals surface area contributed by atoms with Crippen LogP contribution in [0.25, 0.3) is 0 Å². The van der Waals surface area contributed by atoms with Crippen molar-refractivity contribution in [1.82, 2.24) is 9.78 Å². The van der Waals surface area contributed by atoms with Crippen LogP contribution in [0.5, 0.6) is 5.88 Å². The van der Waals surface area contributed by atoms with Crippen molar-refractivity contribution in [3.63, 3.8) is 0 Å². The van der Waals surface area contributed by atoms with Crippen LogP contribution in [0.3, 0.4) is 0 Å². The molecule has 1 aromatic rings. The number of ether oxygens (including phenoxy) is 2. The molecule has 0 amide bonds. The third-order valence-electron chi connectivity index (χ3n) is 4.51. The molecule has 0 spiro atoms. The highest BCUT2D eigenvalue weighted by Crippen LogP contribution is 2.46. The SMILES string of the molecule is CC(C)(C)OC(=O)n1ccc(OCCC(CC2CC2)C2CC2)n1. The molecule has 0 aromatic carbocycles. The van der Waals surface area contributed by atoms with E-state index in [9.17, 15) is 4.79 Å². The minimum Gasteiger partial charge on any atom is -0.477 e. The molecule has 0 bridgehead atoms. The fraction of sp³-hybridized carbons (Fsp3) is 0.778. The highest BCUT2D eigenvalue weighted by molar-refractivity contribution is 5.69. The van der Waals surface area contributed by atoms with Gasteiger partial charge in [0, 0.05) is 12.3 Å². The Balaban J connectivity index is 1.44. The molecule has 2 aliphatic rings. The molecule has 2 aliphatic carbocycles. The molecule has 5 nitrogen and oxygen atoms in total. The van der Waals surface area contributed by atoms with E-state index in [4.69, 9.17) is 9.47 Å². The van der Waals surface area contributed by atoms with Crippen LogP contribution in [0.1, 0.15) is 59.3 Å². The van der Waals surface area contributed by atoms with Gasteiger partial charge in [0.1, 0.15) is 5.60 Å². The summed E-state index contributed by atoms with van der Waals surface area (Å²) in [6.45, 7) is 6.19. The molecule has 1 unspecified atom stereocenters. The quantitative estimate of drug-likeness (QED) is 0.753. The van der Waals surface area contributed by atoms with Crippen LogP contribution in [-0.4, -0.2) is 28.1 Å². The largest absolute Gasteiger partial charge is 0.477 e. The van der Waals surface area contributed by atoms with E-state index in [1.807, 2.05) is 20.8 Å². The van der Waals surface area contributed by atoms with E-state index in [0.717, 1.165) is 24.2 Å². The van der Waals surface area contributed by atoms with Crippen molar-refractivity contribution in [1.29, 1.82) is 0 Å². The smallest absolute Gasteiger partial charge is 0.435 e. The molecule has 2 saturated carbocycles. The molecule has 23 heavy (non-hydrogen) atoms. The minimum atomic E-state index is -0.523. The molecule has 1 heterocycles. The zero-order chi connectivity index (χ0) is 16.4. The first-order valence-corrected chi connectivity index (χ1v) is 8.82. The second kappa shape index (κ2) is 6.54. The molecule has 128 valence electrons. The van der Waals surface area contributed by atoms with Crippen LogP contribution in [0.4, 0.5) is 4.79 Å². The molecule has 2 fully saturated rings. The van der Waals surface area contributed by atoms with Gasteiger partial charge in [-0.2, -0.15) is 4.68 Å². The van der Waals surface area contributed by atoms with Crippen molar-refractivity contribution >= 4 is 6.09 Å². The van der Waals surface area contributed by atoms with Gasteiger partial charge in [-0.05, 0) is 64.2 Å². The molecule has 1 atom stereocenters. The highest BCUT2D eigenvalue weighted by Gasteiger charge is 2.35. The number of carbonyl (C=O) groups is 1. The van der Waals surface area contributed by atoms with E-state index in [0.29, 0.717) is 12.5 Å². The van der Waals surface area contributed by atoms with Gasteiger partial charge in [0.15, 0.2) is 0 Å². The van der Waals surface area contributed by atoms with E-state index in [1.165, 1.54) is 36.8 Å². The van der Waals surface area contributed by atoms with Crippen LogP contribution >= 0.6 is 0 Å². The Morgan fingerprint density at radius 1 is 1.35 bits per heavy atom. The van der Waals surface area contributed by atoms with Crippen LogP contribution in [0, 0.1) is 17.8 Å². The zero-order valence-corrected chi connectivity index (χ0v) is 14.5. The Labute approximate surface area is 138 Å². The Bertz CT molecular complexity index is 539. The van der Waals surface area contributed by atoms with Gasteiger partial charge in [-0.3, -0.25) is 0 Å². The van der Waals surface area contributed by atoms with Crippen LogP contribution in [0.15, 0.2) is 12.3 Å². The van der Waals surface area contributed by atoms with E-state index in [1.54, 1.807) is 12.3 Å². The van der Waals surface area contributed by atoms with E-state index in [2.05, 4.69) is 5.10 Å². The molecular formula is C18H28N2O3. The van der Waals surface area contributed by atoms with Gasteiger partial charge in [0.05, 0.1) is 6.61 Å². The first-order valence-electron chi connectivity index (χ1n) is 8.82. The molecule has 0 radical (unpaired) electrons. The lowest BCUT2D eigenvalue weighted by atomic mass is 9.94. The predicted octanol–water partition coefficient (Wildman–Crippen LogP) is 4.26. The zero-order valence-electron chi connectivity index (χ0n) is 14.5. The average Bonchev–Trinajstić information content (AvgIpc) is 3.35. The van der Waals surface area contributed by atoms with Gasteiger partial charge in [0.2, 0.25) is 5.88 Å². The fourth-order valence-electron chi connectivity index (χ4n) is 3.00. The van der Waals surface area contributed by atoms with E-state index < -0.39 is 11.7 Å². The van der Waals surface area contributed by atoms with Crippen molar-refractivity contribution in [2.45, 2.75) is 64.9 Å². The predicted molar refractivity (Wildman–Crippen MR) is 87.5 cm³/mol. The summed E-state index contributed by atoms with van der Waals surface area (Å²) < 4.78 is 12.2. The third kappa shape index (κ3) is 5.26. The van der Waals surface area contributed by atoms with Gasteiger partial charge in [0.25, 0.3) is 0 Å². The number of hydrogen-bond donors (Lipinski definition) is 0. The molecule has 5 heteroatoms. The number of nitrogens with zero attached hydrogens (tertiary/aromatic N) is 2. The summed E-state index contributed by atoms with van der Waals surface area (Å²) in [5.41, 5.74) is -0.523. The van der Waals surface area contributed by atoms with E-state index >= 15 is 0 Å². The number of aromatic nitrogens is 2. The van der Waals surface area contributed by atoms with Gasteiger partial charge in [-0.1, -0.05) is 12.8 Å². The minimum absolute atomic E-state index is 0.475. The average molecular weight is 320 g/mol. The number of hydrogen-bond acceptors (Lipinski definition) is 4. The highest BCUT2D eigenvalue weighted by atomic mass is 16.6. The fourth-order valence-corrected chi connectivity index (χ4v) is 3.00. The van der Waals surface area contributed by atoms with Gasteiger partial charge in [-0.15, -0.1) is 5.10 Å². The Morgan fingerprint density at radius 3 is 2.70 bits per heavy atom. The summed E-state index contributed by atoms with van der Waals surface area (Å²) in [5, 5.41) is 4.14. The number of rotatable bonds is 7. The van der Waals surface area contributed by atoms with Crippen molar-refractivity contribution in [3.05, 3.63) is 12.3 Å². The van der Waals surface area contributed by atoms with Crippen molar-refractivity contribution in [2.24, 2.45) is 17.8 Å². The Morgan fingerprint density at radius 2 is 2.09 bits per heavy atom. The lowest BCUT2D eigenvalue weighted by Crippen LogP contribution is -2.27. The Kier molecular flexibility index (Phi) is 4.64. The van der Waals surface area contributed by atoms with Gasteiger partial charge < -0.3 is 9.47 Å². The van der Waals surface area contributed by atoms with Crippen LogP contribution < -0.4 is 4.74 Å². The van der Waals surface area contributed by atoms with Crippen LogP contribution in [0.2, 0.25) is 0 Å². The molecule has 0 N–H and O–H groups in total. The normalized spacial score (nSPS) is 19.4. The topological polar surface area (TPSA) is 53.4 Å².